The van der Waals surface area contributed by atoms with E-state index in [0.717, 1.165) is 0 Å². The first kappa shape index (κ1) is 16.2. The first-order chi connectivity index (χ1) is 10.3. The van der Waals surface area contributed by atoms with Crippen LogP contribution in [0.4, 0.5) is 5.69 Å². The highest BCUT2D eigenvalue weighted by atomic mass is 35.5. The fourth-order valence-electron chi connectivity index (χ4n) is 1.93. The summed E-state index contributed by atoms with van der Waals surface area (Å²) in [6, 6.07) is 5.03. The Balaban J connectivity index is 2.08. The van der Waals surface area contributed by atoms with Gasteiger partial charge in [0, 0.05) is 11.1 Å². The molecule has 7 nitrogen and oxygen atoms in total. The highest BCUT2D eigenvalue weighted by molar-refractivity contribution is 6.32. The van der Waals surface area contributed by atoms with Crippen molar-refractivity contribution in [3.05, 3.63) is 29.0 Å². The number of carbonyl (C=O) groups excluding carboxylic acids is 1. The van der Waals surface area contributed by atoms with Gasteiger partial charge in [0.1, 0.15) is 12.3 Å². The third-order valence-corrected chi connectivity index (χ3v) is 3.23. The molecule has 1 aromatic carbocycles. The number of hydrogen-bond acceptors (Lipinski definition) is 5. The Kier molecular flexibility index (Phi) is 4.65. The molecule has 1 amide bonds. The van der Waals surface area contributed by atoms with Crippen LogP contribution in [0.5, 0.6) is 5.75 Å². The lowest BCUT2D eigenvalue weighted by Crippen LogP contribution is -2.25. The van der Waals surface area contributed by atoms with Crippen molar-refractivity contribution in [2.24, 2.45) is 0 Å². The molecule has 22 heavy (non-hydrogen) atoms. The Morgan fingerprint density at radius 2 is 2.14 bits per heavy atom. The molecule has 0 fully saturated rings. The Morgan fingerprint density at radius 1 is 1.41 bits per heavy atom. The van der Waals surface area contributed by atoms with Crippen LogP contribution in [0.1, 0.15) is 26.6 Å². The van der Waals surface area contributed by atoms with Gasteiger partial charge >= 0.3 is 0 Å². The molecule has 118 valence electrons. The van der Waals surface area contributed by atoms with Gasteiger partial charge in [0.25, 0.3) is 0 Å². The van der Waals surface area contributed by atoms with Gasteiger partial charge < -0.3 is 10.1 Å². The minimum absolute atomic E-state index is 0.0310. The Bertz CT molecular complexity index is 678. The molecule has 8 heteroatoms. The molecular weight excluding hydrogens is 306 g/mol. The van der Waals surface area contributed by atoms with E-state index in [9.17, 15) is 4.79 Å². The quantitative estimate of drug-likeness (QED) is 0.933. The average Bonchev–Trinajstić information content (AvgIpc) is 2.86. The van der Waals surface area contributed by atoms with Crippen LogP contribution in [0.15, 0.2) is 18.2 Å². The van der Waals surface area contributed by atoms with E-state index in [1.165, 1.54) is 11.8 Å². The van der Waals surface area contributed by atoms with Crippen molar-refractivity contribution >= 4 is 23.2 Å². The van der Waals surface area contributed by atoms with E-state index < -0.39 is 0 Å². The molecule has 0 aliphatic carbocycles. The minimum Gasteiger partial charge on any atom is -0.495 e. The first-order valence-electron chi connectivity index (χ1n) is 6.71. The normalized spacial score (nSPS) is 11.3. The van der Waals surface area contributed by atoms with E-state index >= 15 is 0 Å². The van der Waals surface area contributed by atoms with Gasteiger partial charge in [-0.2, -0.15) is 0 Å². The van der Waals surface area contributed by atoms with Gasteiger partial charge in [-0.3, -0.25) is 4.79 Å². The van der Waals surface area contributed by atoms with Crippen LogP contribution in [-0.4, -0.2) is 33.2 Å². The summed E-state index contributed by atoms with van der Waals surface area (Å²) in [5.74, 6) is 0.963. The van der Waals surface area contributed by atoms with Gasteiger partial charge in [-0.15, -0.1) is 5.10 Å². The maximum Gasteiger partial charge on any atom is 0.246 e. The molecule has 1 aromatic heterocycles. The number of nitrogens with zero attached hydrogens (tertiary/aromatic N) is 4. The average molecular weight is 324 g/mol. The number of amides is 1. The molecule has 0 aliphatic heterocycles. The SMILES string of the molecule is COc1ccc(NC(=O)Cn2nnnc2C(C)(C)C)cc1Cl. The molecular formula is C14H18ClN5O2. The Hall–Kier alpha value is -2.15. The van der Waals surface area contributed by atoms with E-state index in [4.69, 9.17) is 16.3 Å². The number of anilines is 1. The zero-order chi connectivity index (χ0) is 16.3. The van der Waals surface area contributed by atoms with Crippen molar-refractivity contribution in [3.63, 3.8) is 0 Å². The van der Waals surface area contributed by atoms with Crippen LogP contribution in [0.3, 0.4) is 0 Å². The standard InChI is InChI=1S/C14H18ClN5O2/c1-14(2,3)13-17-18-19-20(13)8-12(21)16-9-5-6-11(22-4)10(15)7-9/h5-7H,8H2,1-4H3,(H,16,21). The summed E-state index contributed by atoms with van der Waals surface area (Å²) in [5, 5.41) is 14.6. The molecule has 0 saturated heterocycles. The number of rotatable bonds is 4. The van der Waals surface area contributed by atoms with Gasteiger partial charge in [0.05, 0.1) is 12.1 Å². The predicted octanol–water partition coefficient (Wildman–Crippen LogP) is 2.27. The molecule has 2 aromatic rings. The number of benzene rings is 1. The number of aromatic nitrogens is 4. The summed E-state index contributed by atoms with van der Waals surface area (Å²) in [5.41, 5.74) is 0.342. The highest BCUT2D eigenvalue weighted by Gasteiger charge is 2.23. The second-order valence-corrected chi connectivity index (χ2v) is 6.21. The second-order valence-electron chi connectivity index (χ2n) is 5.81. The Labute approximate surface area is 133 Å². The highest BCUT2D eigenvalue weighted by Crippen LogP contribution is 2.27. The van der Waals surface area contributed by atoms with Crippen LogP contribution in [0.2, 0.25) is 5.02 Å². The van der Waals surface area contributed by atoms with Crippen molar-refractivity contribution in [1.29, 1.82) is 0 Å². The van der Waals surface area contributed by atoms with Gasteiger partial charge in [0.2, 0.25) is 5.91 Å². The summed E-state index contributed by atoms with van der Waals surface area (Å²) in [7, 11) is 1.53. The summed E-state index contributed by atoms with van der Waals surface area (Å²) in [6.07, 6.45) is 0. The molecule has 0 unspecified atom stereocenters. The largest absolute Gasteiger partial charge is 0.495 e. The smallest absolute Gasteiger partial charge is 0.246 e. The molecule has 0 saturated carbocycles. The van der Waals surface area contributed by atoms with Crippen molar-refractivity contribution in [1.82, 2.24) is 20.2 Å². The number of tetrazole rings is 1. The zero-order valence-electron chi connectivity index (χ0n) is 12.9. The van der Waals surface area contributed by atoms with E-state index in [0.29, 0.717) is 22.3 Å². The predicted molar refractivity (Wildman–Crippen MR) is 83.2 cm³/mol. The third-order valence-electron chi connectivity index (χ3n) is 2.93. The van der Waals surface area contributed by atoms with Gasteiger partial charge in [0.15, 0.2) is 5.82 Å². The lowest BCUT2D eigenvalue weighted by Gasteiger charge is -2.16. The summed E-state index contributed by atoms with van der Waals surface area (Å²) >= 11 is 6.03. The van der Waals surface area contributed by atoms with Gasteiger partial charge in [-0.1, -0.05) is 32.4 Å². The molecule has 0 aliphatic rings. The van der Waals surface area contributed by atoms with Crippen LogP contribution in [0.25, 0.3) is 0 Å². The van der Waals surface area contributed by atoms with Crippen molar-refractivity contribution in [2.45, 2.75) is 32.7 Å². The number of ether oxygens (including phenoxy) is 1. The molecule has 2 rings (SSSR count). The van der Waals surface area contributed by atoms with E-state index in [1.54, 1.807) is 18.2 Å². The van der Waals surface area contributed by atoms with Crippen LogP contribution >= 0.6 is 11.6 Å². The fraction of sp³-hybridized carbons (Fsp3) is 0.429. The number of hydrogen-bond donors (Lipinski definition) is 1. The van der Waals surface area contributed by atoms with E-state index in [1.807, 2.05) is 20.8 Å². The number of nitrogens with one attached hydrogen (secondary N) is 1. The van der Waals surface area contributed by atoms with Crippen LogP contribution in [-0.2, 0) is 16.8 Å². The lowest BCUT2D eigenvalue weighted by atomic mass is 9.96. The van der Waals surface area contributed by atoms with Crippen LogP contribution < -0.4 is 10.1 Å². The number of methoxy groups -OCH3 is 1. The maximum atomic E-state index is 12.1. The van der Waals surface area contributed by atoms with Gasteiger partial charge in [-0.05, 0) is 28.6 Å². The minimum atomic E-state index is -0.243. The van der Waals surface area contributed by atoms with Crippen molar-refractivity contribution < 1.29 is 9.53 Å². The van der Waals surface area contributed by atoms with Gasteiger partial charge in [-0.25, -0.2) is 4.68 Å². The van der Waals surface area contributed by atoms with Crippen molar-refractivity contribution in [2.75, 3.05) is 12.4 Å². The third kappa shape index (κ3) is 3.73. The maximum absolute atomic E-state index is 12.1. The summed E-state index contributed by atoms with van der Waals surface area (Å²) in [4.78, 5) is 12.1. The molecule has 0 radical (unpaired) electrons. The lowest BCUT2D eigenvalue weighted by molar-refractivity contribution is -0.117. The van der Waals surface area contributed by atoms with Crippen molar-refractivity contribution in [3.8, 4) is 5.75 Å². The van der Waals surface area contributed by atoms with E-state index in [-0.39, 0.29) is 17.9 Å². The molecule has 0 spiro atoms. The van der Waals surface area contributed by atoms with Crippen LogP contribution in [0, 0.1) is 0 Å². The second kappa shape index (κ2) is 6.31. The molecule has 0 atom stereocenters. The monoisotopic (exact) mass is 323 g/mol. The fourth-order valence-corrected chi connectivity index (χ4v) is 2.19. The van der Waals surface area contributed by atoms with E-state index in [2.05, 4.69) is 20.8 Å². The summed E-state index contributed by atoms with van der Waals surface area (Å²) in [6.45, 7) is 5.98. The number of carbonyl (C=O) groups is 1. The topological polar surface area (TPSA) is 81.9 Å². The molecule has 1 N–H and O–H groups in total. The first-order valence-corrected chi connectivity index (χ1v) is 7.09. The zero-order valence-corrected chi connectivity index (χ0v) is 13.7. The Morgan fingerprint density at radius 3 is 2.73 bits per heavy atom. The molecule has 0 bridgehead atoms. The summed E-state index contributed by atoms with van der Waals surface area (Å²) < 4.78 is 6.55. The number of halogens is 1. The molecule has 1 heterocycles.